The lowest BCUT2D eigenvalue weighted by Crippen LogP contribution is -2.43. The molecule has 0 saturated carbocycles. The Morgan fingerprint density at radius 3 is 2.55 bits per heavy atom. The van der Waals surface area contributed by atoms with Crippen molar-refractivity contribution in [3.05, 3.63) is 35.8 Å². The number of carbonyl (C=O) groups excluding carboxylic acids is 1. The zero-order valence-corrected chi connectivity index (χ0v) is 12.5. The molecule has 108 valence electrons. The zero-order valence-electron chi connectivity index (χ0n) is 12.5. The summed E-state index contributed by atoms with van der Waals surface area (Å²) >= 11 is 0. The van der Waals surface area contributed by atoms with Gasteiger partial charge in [-0.3, -0.25) is 4.79 Å². The van der Waals surface area contributed by atoms with E-state index in [9.17, 15) is 9.18 Å². The van der Waals surface area contributed by atoms with Gasteiger partial charge in [0.1, 0.15) is 5.82 Å². The minimum Gasteiger partial charge on any atom is -0.361 e. The molecule has 20 heavy (non-hydrogen) atoms. The van der Waals surface area contributed by atoms with E-state index in [4.69, 9.17) is 0 Å². The van der Waals surface area contributed by atoms with Crippen molar-refractivity contribution in [1.82, 2.24) is 9.88 Å². The Morgan fingerprint density at radius 2 is 1.95 bits per heavy atom. The lowest BCUT2D eigenvalue weighted by Gasteiger charge is -2.30. The molecule has 4 heteroatoms. The Balaban J connectivity index is 2.48. The van der Waals surface area contributed by atoms with Crippen LogP contribution in [0.2, 0.25) is 0 Å². The molecule has 1 N–H and O–H groups in total. The van der Waals surface area contributed by atoms with Crippen LogP contribution in [0.25, 0.3) is 10.9 Å². The van der Waals surface area contributed by atoms with E-state index >= 15 is 0 Å². The number of H-pyrrole nitrogens is 1. The van der Waals surface area contributed by atoms with Gasteiger partial charge < -0.3 is 9.88 Å². The summed E-state index contributed by atoms with van der Waals surface area (Å²) in [5, 5.41) is 0.900. The van der Waals surface area contributed by atoms with Gasteiger partial charge in [-0.1, -0.05) is 0 Å². The number of carbonyl (C=O) groups is 1. The van der Waals surface area contributed by atoms with Crippen LogP contribution in [-0.2, 0) is 10.2 Å². The molecular formula is C16H21FN2O. The first-order chi connectivity index (χ1) is 9.41. The first-order valence-electron chi connectivity index (χ1n) is 6.98. The summed E-state index contributed by atoms with van der Waals surface area (Å²) in [4.78, 5) is 17.6. The SMILES string of the molecule is CCN(CC)C(=O)C(C)(C)c1c[nH]c2cc(F)ccc12. The molecule has 3 nitrogen and oxygen atoms in total. The standard InChI is InChI=1S/C16H21FN2O/c1-5-19(6-2)15(20)16(3,4)13-10-18-14-9-11(17)7-8-12(13)14/h7-10,18H,5-6H2,1-4H3. The minimum atomic E-state index is -0.637. The van der Waals surface area contributed by atoms with Gasteiger partial charge in [-0.05, 0) is 51.5 Å². The lowest BCUT2D eigenvalue weighted by atomic mass is 9.83. The minimum absolute atomic E-state index is 0.0905. The van der Waals surface area contributed by atoms with Crippen LogP contribution < -0.4 is 0 Å². The summed E-state index contributed by atoms with van der Waals surface area (Å²) in [7, 11) is 0. The van der Waals surface area contributed by atoms with Crippen molar-refractivity contribution in [1.29, 1.82) is 0 Å². The monoisotopic (exact) mass is 276 g/mol. The Bertz CT molecular complexity index is 626. The average molecular weight is 276 g/mol. The smallest absolute Gasteiger partial charge is 0.232 e. The topological polar surface area (TPSA) is 36.1 Å². The predicted molar refractivity (Wildman–Crippen MR) is 79.2 cm³/mol. The summed E-state index contributed by atoms with van der Waals surface area (Å²) < 4.78 is 13.2. The van der Waals surface area contributed by atoms with Gasteiger partial charge in [0.15, 0.2) is 0 Å². The third-order valence-corrected chi connectivity index (χ3v) is 3.90. The fourth-order valence-corrected chi connectivity index (χ4v) is 2.64. The first-order valence-corrected chi connectivity index (χ1v) is 6.98. The summed E-state index contributed by atoms with van der Waals surface area (Å²) in [6, 6.07) is 4.61. The second-order valence-corrected chi connectivity index (χ2v) is 5.49. The zero-order chi connectivity index (χ0) is 14.9. The molecular weight excluding hydrogens is 255 g/mol. The molecule has 0 spiro atoms. The highest BCUT2D eigenvalue weighted by Crippen LogP contribution is 2.32. The van der Waals surface area contributed by atoms with E-state index in [1.165, 1.54) is 12.1 Å². The molecule has 0 atom stereocenters. The summed E-state index contributed by atoms with van der Waals surface area (Å²) in [5.74, 6) is -0.188. The number of nitrogens with zero attached hydrogens (tertiary/aromatic N) is 1. The van der Waals surface area contributed by atoms with Crippen LogP contribution in [0.3, 0.4) is 0 Å². The van der Waals surface area contributed by atoms with Crippen molar-refractivity contribution >= 4 is 16.8 Å². The second-order valence-electron chi connectivity index (χ2n) is 5.49. The summed E-state index contributed by atoms with van der Waals surface area (Å²) in [6.07, 6.45) is 1.81. The van der Waals surface area contributed by atoms with Crippen molar-refractivity contribution in [2.45, 2.75) is 33.1 Å². The Morgan fingerprint density at radius 1 is 1.30 bits per heavy atom. The Kier molecular flexibility index (Phi) is 3.84. The molecule has 1 aromatic heterocycles. The number of likely N-dealkylation sites (N-methyl/N-ethyl adjacent to an activating group) is 1. The molecule has 1 heterocycles. The fourth-order valence-electron chi connectivity index (χ4n) is 2.64. The fraction of sp³-hybridized carbons (Fsp3) is 0.438. The third kappa shape index (κ3) is 2.30. The normalized spacial score (nSPS) is 11.8. The predicted octanol–water partition coefficient (Wildman–Crippen LogP) is 3.45. The highest BCUT2D eigenvalue weighted by molar-refractivity contribution is 5.94. The van der Waals surface area contributed by atoms with E-state index in [1.807, 2.05) is 38.8 Å². The molecule has 0 aliphatic heterocycles. The number of hydrogen-bond acceptors (Lipinski definition) is 1. The maximum atomic E-state index is 13.2. The number of benzene rings is 1. The highest BCUT2D eigenvalue weighted by Gasteiger charge is 2.34. The maximum absolute atomic E-state index is 13.2. The van der Waals surface area contributed by atoms with Gasteiger partial charge in [0.25, 0.3) is 0 Å². The molecule has 1 aromatic carbocycles. The number of halogens is 1. The second kappa shape index (κ2) is 5.27. The van der Waals surface area contributed by atoms with Gasteiger partial charge in [-0.15, -0.1) is 0 Å². The molecule has 0 aliphatic carbocycles. The molecule has 2 rings (SSSR count). The number of fused-ring (bicyclic) bond motifs is 1. The molecule has 0 radical (unpaired) electrons. The molecule has 0 aliphatic rings. The molecule has 2 aromatic rings. The number of nitrogens with one attached hydrogen (secondary N) is 1. The van der Waals surface area contributed by atoms with Crippen LogP contribution in [-0.4, -0.2) is 28.9 Å². The van der Waals surface area contributed by atoms with Gasteiger partial charge in [0.2, 0.25) is 5.91 Å². The van der Waals surface area contributed by atoms with Crippen LogP contribution in [0.1, 0.15) is 33.3 Å². The number of aromatic amines is 1. The van der Waals surface area contributed by atoms with Crippen LogP contribution >= 0.6 is 0 Å². The number of rotatable bonds is 4. The summed E-state index contributed by atoms with van der Waals surface area (Å²) in [6.45, 7) is 9.16. The highest BCUT2D eigenvalue weighted by atomic mass is 19.1. The van der Waals surface area contributed by atoms with E-state index in [1.54, 1.807) is 6.07 Å². The average Bonchev–Trinajstić information content (AvgIpc) is 2.83. The van der Waals surface area contributed by atoms with Gasteiger partial charge in [0, 0.05) is 30.2 Å². The first kappa shape index (κ1) is 14.6. The van der Waals surface area contributed by atoms with Crippen LogP contribution in [0.5, 0.6) is 0 Å². The largest absolute Gasteiger partial charge is 0.361 e. The van der Waals surface area contributed by atoms with E-state index in [0.29, 0.717) is 13.1 Å². The maximum Gasteiger partial charge on any atom is 0.232 e. The number of amides is 1. The molecule has 0 unspecified atom stereocenters. The third-order valence-electron chi connectivity index (χ3n) is 3.90. The van der Waals surface area contributed by atoms with Crippen LogP contribution in [0, 0.1) is 5.82 Å². The summed E-state index contributed by atoms with van der Waals surface area (Å²) in [5.41, 5.74) is 0.993. The van der Waals surface area contributed by atoms with E-state index in [2.05, 4.69) is 4.98 Å². The van der Waals surface area contributed by atoms with Crippen LogP contribution in [0.15, 0.2) is 24.4 Å². The lowest BCUT2D eigenvalue weighted by molar-refractivity contribution is -0.135. The number of aromatic nitrogens is 1. The van der Waals surface area contributed by atoms with Gasteiger partial charge >= 0.3 is 0 Å². The number of hydrogen-bond donors (Lipinski definition) is 1. The van der Waals surface area contributed by atoms with Crippen molar-refractivity contribution in [2.24, 2.45) is 0 Å². The Hall–Kier alpha value is -1.84. The van der Waals surface area contributed by atoms with E-state index in [0.717, 1.165) is 16.5 Å². The molecule has 0 fully saturated rings. The molecule has 0 bridgehead atoms. The van der Waals surface area contributed by atoms with E-state index in [-0.39, 0.29) is 11.7 Å². The Labute approximate surface area is 118 Å². The van der Waals surface area contributed by atoms with E-state index < -0.39 is 5.41 Å². The molecule has 0 saturated heterocycles. The van der Waals surface area contributed by atoms with Crippen molar-refractivity contribution in [3.8, 4) is 0 Å². The quantitative estimate of drug-likeness (QED) is 0.912. The van der Waals surface area contributed by atoms with Crippen molar-refractivity contribution < 1.29 is 9.18 Å². The van der Waals surface area contributed by atoms with Crippen molar-refractivity contribution in [3.63, 3.8) is 0 Å². The van der Waals surface area contributed by atoms with Gasteiger partial charge in [0.05, 0.1) is 5.41 Å². The molecule has 1 amide bonds. The van der Waals surface area contributed by atoms with Crippen LogP contribution in [0.4, 0.5) is 4.39 Å². The van der Waals surface area contributed by atoms with Crippen molar-refractivity contribution in [2.75, 3.05) is 13.1 Å². The van der Waals surface area contributed by atoms with Gasteiger partial charge in [-0.2, -0.15) is 0 Å². The van der Waals surface area contributed by atoms with Gasteiger partial charge in [-0.25, -0.2) is 4.39 Å².